The van der Waals surface area contributed by atoms with Gasteiger partial charge in [-0.05, 0) is 33.8 Å². The molecular formula is C13H20BNO3. The van der Waals surface area contributed by atoms with Crippen LogP contribution in [0.2, 0.25) is 0 Å². The molecule has 98 valence electrons. The molecule has 0 radical (unpaired) electrons. The molecule has 0 aliphatic carbocycles. The minimum Gasteiger partial charge on any atom is -0.506 e. The van der Waals surface area contributed by atoms with Crippen LogP contribution in [0, 0.1) is 0 Å². The van der Waals surface area contributed by atoms with Gasteiger partial charge in [0.15, 0.2) is 0 Å². The van der Waals surface area contributed by atoms with E-state index < -0.39 is 7.12 Å². The number of hydrogen-bond acceptors (Lipinski definition) is 4. The van der Waals surface area contributed by atoms with Crippen molar-refractivity contribution in [3.63, 3.8) is 0 Å². The molecule has 5 heteroatoms. The Morgan fingerprint density at radius 1 is 1.11 bits per heavy atom. The Balaban J connectivity index is 2.38. The molecule has 0 atom stereocenters. The summed E-state index contributed by atoms with van der Waals surface area (Å²) in [4.78, 5) is 0. The number of hydrogen-bond donors (Lipinski definition) is 2. The quantitative estimate of drug-likeness (QED) is 0.619. The van der Waals surface area contributed by atoms with Gasteiger partial charge in [-0.25, -0.2) is 0 Å². The van der Waals surface area contributed by atoms with Crippen molar-refractivity contribution < 1.29 is 14.4 Å². The number of para-hydroxylation sites is 1. The second-order valence-corrected chi connectivity index (χ2v) is 5.58. The average Bonchev–Trinajstić information content (AvgIpc) is 2.47. The van der Waals surface area contributed by atoms with Gasteiger partial charge in [0, 0.05) is 12.5 Å². The molecule has 1 saturated heterocycles. The van der Waals surface area contributed by atoms with E-state index in [1.165, 1.54) is 0 Å². The maximum absolute atomic E-state index is 9.84. The summed E-state index contributed by atoms with van der Waals surface area (Å²) in [7, 11) is 1.30. The van der Waals surface area contributed by atoms with Gasteiger partial charge in [0.1, 0.15) is 5.75 Å². The molecule has 18 heavy (non-hydrogen) atoms. The highest BCUT2D eigenvalue weighted by molar-refractivity contribution is 6.64. The molecule has 1 fully saturated rings. The van der Waals surface area contributed by atoms with E-state index in [2.05, 4.69) is 5.32 Å². The molecule has 0 spiro atoms. The van der Waals surface area contributed by atoms with Crippen LogP contribution in [-0.4, -0.2) is 30.5 Å². The molecule has 4 nitrogen and oxygen atoms in total. The highest BCUT2D eigenvalue weighted by atomic mass is 16.7. The first-order valence-corrected chi connectivity index (χ1v) is 6.14. The molecule has 0 aromatic heterocycles. The van der Waals surface area contributed by atoms with E-state index in [-0.39, 0.29) is 17.0 Å². The van der Waals surface area contributed by atoms with E-state index >= 15 is 0 Å². The average molecular weight is 249 g/mol. The SMILES string of the molecule is CNc1c(O)cccc1B1OC(C)(C)C(C)(C)O1. The fourth-order valence-corrected chi connectivity index (χ4v) is 2.00. The zero-order valence-corrected chi connectivity index (χ0v) is 11.6. The first-order valence-electron chi connectivity index (χ1n) is 6.14. The Morgan fingerprint density at radius 2 is 1.67 bits per heavy atom. The molecule has 1 aromatic carbocycles. The van der Waals surface area contributed by atoms with Crippen molar-refractivity contribution in [2.45, 2.75) is 38.9 Å². The number of aromatic hydroxyl groups is 1. The van der Waals surface area contributed by atoms with Gasteiger partial charge in [0.2, 0.25) is 0 Å². The van der Waals surface area contributed by atoms with Crippen LogP contribution in [0.3, 0.4) is 0 Å². The molecule has 0 unspecified atom stereocenters. The minimum atomic E-state index is -0.468. The van der Waals surface area contributed by atoms with Gasteiger partial charge in [-0.1, -0.05) is 12.1 Å². The van der Waals surface area contributed by atoms with Crippen molar-refractivity contribution in [2.24, 2.45) is 0 Å². The molecule has 0 amide bonds. The second-order valence-electron chi connectivity index (χ2n) is 5.58. The Bertz CT molecular complexity index is 444. The van der Waals surface area contributed by atoms with Crippen LogP contribution in [-0.2, 0) is 9.31 Å². The lowest BCUT2D eigenvalue weighted by Crippen LogP contribution is -2.41. The predicted molar refractivity (Wildman–Crippen MR) is 73.4 cm³/mol. The summed E-state index contributed by atoms with van der Waals surface area (Å²) in [5.74, 6) is 0.199. The molecule has 2 rings (SSSR count). The summed E-state index contributed by atoms with van der Waals surface area (Å²) in [5, 5.41) is 12.8. The van der Waals surface area contributed by atoms with Crippen LogP contribution in [0.5, 0.6) is 5.75 Å². The maximum Gasteiger partial charge on any atom is 0.497 e. The van der Waals surface area contributed by atoms with E-state index in [0.717, 1.165) is 5.46 Å². The smallest absolute Gasteiger partial charge is 0.497 e. The Hall–Kier alpha value is -1.20. The van der Waals surface area contributed by atoms with Crippen molar-refractivity contribution in [1.82, 2.24) is 0 Å². The third kappa shape index (κ3) is 1.97. The molecule has 0 bridgehead atoms. The lowest BCUT2D eigenvalue weighted by Gasteiger charge is -2.32. The molecule has 1 heterocycles. The minimum absolute atomic E-state index is 0.199. The molecule has 1 aliphatic heterocycles. The zero-order valence-electron chi connectivity index (χ0n) is 11.6. The Labute approximate surface area is 108 Å². The van der Waals surface area contributed by atoms with Crippen LogP contribution >= 0.6 is 0 Å². The molecule has 2 N–H and O–H groups in total. The van der Waals surface area contributed by atoms with E-state index in [1.54, 1.807) is 19.2 Å². The number of benzene rings is 1. The highest BCUT2D eigenvalue weighted by Gasteiger charge is 2.52. The third-order valence-electron chi connectivity index (χ3n) is 3.83. The van der Waals surface area contributed by atoms with Crippen LogP contribution in [0.1, 0.15) is 27.7 Å². The third-order valence-corrected chi connectivity index (χ3v) is 3.83. The van der Waals surface area contributed by atoms with E-state index in [1.807, 2.05) is 33.8 Å². The topological polar surface area (TPSA) is 50.7 Å². The monoisotopic (exact) mass is 249 g/mol. The summed E-state index contributed by atoms with van der Waals surface area (Å²) < 4.78 is 11.9. The van der Waals surface area contributed by atoms with Crippen molar-refractivity contribution >= 4 is 18.3 Å². The van der Waals surface area contributed by atoms with Gasteiger partial charge in [-0.15, -0.1) is 0 Å². The first kappa shape index (κ1) is 13.2. The lowest BCUT2D eigenvalue weighted by molar-refractivity contribution is 0.00578. The second kappa shape index (κ2) is 4.18. The first-order chi connectivity index (χ1) is 8.28. The van der Waals surface area contributed by atoms with Crippen LogP contribution in [0.4, 0.5) is 5.69 Å². The summed E-state index contributed by atoms with van der Waals surface area (Å²) in [5.41, 5.74) is 0.703. The molecular weight excluding hydrogens is 229 g/mol. The van der Waals surface area contributed by atoms with Gasteiger partial charge < -0.3 is 19.7 Å². The van der Waals surface area contributed by atoms with Crippen LogP contribution < -0.4 is 10.8 Å². The molecule has 0 saturated carbocycles. The van der Waals surface area contributed by atoms with E-state index in [0.29, 0.717) is 5.69 Å². The van der Waals surface area contributed by atoms with Crippen LogP contribution in [0.25, 0.3) is 0 Å². The highest BCUT2D eigenvalue weighted by Crippen LogP contribution is 2.37. The van der Waals surface area contributed by atoms with Gasteiger partial charge in [-0.3, -0.25) is 0 Å². The van der Waals surface area contributed by atoms with E-state index in [9.17, 15) is 5.11 Å². The van der Waals surface area contributed by atoms with E-state index in [4.69, 9.17) is 9.31 Å². The normalized spacial score (nSPS) is 21.1. The number of anilines is 1. The maximum atomic E-state index is 9.84. The van der Waals surface area contributed by atoms with Crippen molar-refractivity contribution in [1.29, 1.82) is 0 Å². The summed E-state index contributed by atoms with van der Waals surface area (Å²) in [6.45, 7) is 8.04. The Morgan fingerprint density at radius 3 is 2.17 bits per heavy atom. The number of nitrogens with one attached hydrogen (secondary N) is 1. The standard InChI is InChI=1S/C13H20BNO3/c1-12(2)13(3,4)18-14(17-12)9-7-6-8-10(16)11(9)15-5/h6-8,15-16H,1-5H3. The van der Waals surface area contributed by atoms with Crippen LogP contribution in [0.15, 0.2) is 18.2 Å². The number of rotatable bonds is 2. The largest absolute Gasteiger partial charge is 0.506 e. The van der Waals surface area contributed by atoms with Crippen molar-refractivity contribution in [3.8, 4) is 5.75 Å². The number of phenolic OH excluding ortho intramolecular Hbond substituents is 1. The molecule has 1 aromatic rings. The Kier molecular flexibility index (Phi) is 3.07. The predicted octanol–water partition coefficient (Wildman–Crippen LogP) is 1.73. The van der Waals surface area contributed by atoms with Gasteiger partial charge in [0.25, 0.3) is 0 Å². The zero-order chi connectivity index (χ0) is 13.6. The van der Waals surface area contributed by atoms with Crippen molar-refractivity contribution in [2.75, 3.05) is 12.4 Å². The van der Waals surface area contributed by atoms with Crippen molar-refractivity contribution in [3.05, 3.63) is 18.2 Å². The molecule has 1 aliphatic rings. The summed E-state index contributed by atoms with van der Waals surface area (Å²) in [6.07, 6.45) is 0. The summed E-state index contributed by atoms with van der Waals surface area (Å²) >= 11 is 0. The van der Waals surface area contributed by atoms with Gasteiger partial charge in [0.05, 0.1) is 16.9 Å². The fraction of sp³-hybridized carbons (Fsp3) is 0.538. The lowest BCUT2D eigenvalue weighted by atomic mass is 9.77. The van der Waals surface area contributed by atoms with Gasteiger partial charge >= 0.3 is 7.12 Å². The van der Waals surface area contributed by atoms with Gasteiger partial charge in [-0.2, -0.15) is 0 Å². The fourth-order valence-electron chi connectivity index (χ4n) is 2.00. The summed E-state index contributed by atoms with van der Waals surface area (Å²) in [6, 6.07) is 5.32. The number of phenols is 1.